The topological polar surface area (TPSA) is 98.1 Å². The molecule has 1 N–H and O–H groups in total. The largest absolute Gasteiger partial charge is 0.457 e. The fourth-order valence-corrected chi connectivity index (χ4v) is 6.44. The number of carbonyl (C=O) groups excluding carboxylic acids is 1. The number of imidazole rings is 1. The maximum Gasteiger partial charge on any atom is 0.246 e. The van der Waals surface area contributed by atoms with Crippen molar-refractivity contribution in [3.05, 3.63) is 84.8 Å². The van der Waals surface area contributed by atoms with Gasteiger partial charge in [-0.2, -0.15) is 0 Å². The van der Waals surface area contributed by atoms with Crippen LogP contribution in [0.3, 0.4) is 0 Å². The van der Waals surface area contributed by atoms with E-state index >= 15 is 4.39 Å². The van der Waals surface area contributed by atoms with Crippen molar-refractivity contribution in [1.29, 1.82) is 0 Å². The number of hydrogen-bond donors (Lipinski definition) is 1. The van der Waals surface area contributed by atoms with Gasteiger partial charge in [-0.25, -0.2) is 24.3 Å². The van der Waals surface area contributed by atoms with Crippen LogP contribution in [-0.4, -0.2) is 47.9 Å². The van der Waals surface area contributed by atoms with Gasteiger partial charge in [-0.15, -0.1) is 0 Å². The van der Waals surface area contributed by atoms with Crippen LogP contribution in [0.1, 0.15) is 36.4 Å². The number of nitrogens with zero attached hydrogens (tertiary/aromatic N) is 6. The number of carbonyl (C=O) groups is 1. The number of halogens is 1. The van der Waals surface area contributed by atoms with Crippen molar-refractivity contribution in [2.75, 3.05) is 11.9 Å². The Morgan fingerprint density at radius 3 is 2.83 bits per heavy atom. The highest BCUT2D eigenvalue weighted by Gasteiger charge is 2.41. The van der Waals surface area contributed by atoms with Crippen LogP contribution < -0.4 is 10.1 Å². The second-order valence-corrected chi connectivity index (χ2v) is 11.3. The van der Waals surface area contributed by atoms with E-state index < -0.39 is 5.82 Å². The third kappa shape index (κ3) is 4.62. The molecule has 1 aliphatic carbocycles. The van der Waals surface area contributed by atoms with Crippen molar-refractivity contribution in [1.82, 2.24) is 29.4 Å². The summed E-state index contributed by atoms with van der Waals surface area (Å²) >= 11 is 0. The highest BCUT2D eigenvalue weighted by molar-refractivity contribution is 5.88. The lowest BCUT2D eigenvalue weighted by Crippen LogP contribution is -2.34. The Balaban J connectivity index is 1.14. The molecule has 0 radical (unpaired) electrons. The van der Waals surface area contributed by atoms with E-state index in [1.807, 2.05) is 53.8 Å². The molecule has 2 fully saturated rings. The fourth-order valence-electron chi connectivity index (χ4n) is 6.44. The van der Waals surface area contributed by atoms with Gasteiger partial charge in [0.2, 0.25) is 5.91 Å². The third-order valence-electron chi connectivity index (χ3n) is 8.50. The molecule has 1 amide bonds. The number of anilines is 2. The van der Waals surface area contributed by atoms with E-state index in [2.05, 4.69) is 26.8 Å². The Kier molecular flexibility index (Phi) is 6.33. The van der Waals surface area contributed by atoms with Gasteiger partial charge in [0.1, 0.15) is 29.2 Å². The molecule has 2 bridgehead atoms. The molecule has 212 valence electrons. The highest BCUT2D eigenvalue weighted by atomic mass is 19.1. The van der Waals surface area contributed by atoms with Crippen LogP contribution >= 0.6 is 0 Å². The number of amides is 1. The molecule has 2 aromatic carbocycles. The molecule has 7 rings (SSSR count). The molecule has 0 spiro atoms. The van der Waals surface area contributed by atoms with Crippen molar-refractivity contribution in [3.8, 4) is 11.5 Å². The van der Waals surface area contributed by atoms with Gasteiger partial charge >= 0.3 is 0 Å². The molecule has 5 aromatic rings. The van der Waals surface area contributed by atoms with Gasteiger partial charge < -0.3 is 19.5 Å². The smallest absolute Gasteiger partial charge is 0.246 e. The number of rotatable bonds is 6. The summed E-state index contributed by atoms with van der Waals surface area (Å²) in [7, 11) is 1.93. The van der Waals surface area contributed by atoms with E-state index in [0.29, 0.717) is 34.3 Å². The Morgan fingerprint density at radius 1 is 1.10 bits per heavy atom. The first-order valence-corrected chi connectivity index (χ1v) is 14.1. The molecule has 4 heterocycles. The molecular formula is C32H30FN7O2. The summed E-state index contributed by atoms with van der Waals surface area (Å²) in [6, 6.07) is 12.8. The summed E-state index contributed by atoms with van der Waals surface area (Å²) in [6.45, 7) is 6.30. The van der Waals surface area contributed by atoms with Gasteiger partial charge in [-0.3, -0.25) is 4.79 Å². The minimum atomic E-state index is -0.478. The number of aromatic nitrogens is 5. The van der Waals surface area contributed by atoms with E-state index in [9.17, 15) is 4.79 Å². The lowest BCUT2D eigenvalue weighted by atomic mass is 9.80. The second kappa shape index (κ2) is 10.2. The molecule has 1 saturated heterocycles. The molecule has 2 aliphatic rings. The monoisotopic (exact) mass is 563 g/mol. The first kappa shape index (κ1) is 26.1. The quantitative estimate of drug-likeness (QED) is 0.247. The highest BCUT2D eigenvalue weighted by Crippen LogP contribution is 2.43. The molecule has 1 saturated carbocycles. The third-order valence-corrected chi connectivity index (χ3v) is 8.50. The van der Waals surface area contributed by atoms with Crippen molar-refractivity contribution >= 4 is 39.5 Å². The standard InChI is InChI=1S/C32H30FN7O2/c1-4-30(41)40-15-19-10-20(12-21(40)11-19)24-6-7-25-31(37-24)32(35-16-34-25)38-26-9-18(2)29(14-23(26)33)42-22-5-8-28-27(13-22)36-17-39(28)3/h4-9,13-14,16-17,19-21H,1,10-12,15H2,2-3H3,(H,34,35,38)/t19-,20+,21-/m1/s1. The molecule has 42 heavy (non-hydrogen) atoms. The van der Waals surface area contributed by atoms with E-state index in [1.165, 1.54) is 18.5 Å². The zero-order valence-corrected chi connectivity index (χ0v) is 23.4. The lowest BCUT2D eigenvalue weighted by Gasteiger charge is -2.29. The van der Waals surface area contributed by atoms with Gasteiger partial charge in [-0.1, -0.05) is 6.58 Å². The molecule has 3 aromatic heterocycles. The summed E-state index contributed by atoms with van der Waals surface area (Å²) in [5.41, 5.74) is 4.99. The Hall–Kier alpha value is -4.86. The van der Waals surface area contributed by atoms with E-state index in [1.54, 1.807) is 12.4 Å². The van der Waals surface area contributed by atoms with Crippen LogP contribution in [0.15, 0.2) is 67.8 Å². The van der Waals surface area contributed by atoms with Crippen LogP contribution in [0.25, 0.3) is 22.1 Å². The average Bonchev–Trinajstić information content (AvgIpc) is 3.52. The average molecular weight is 564 g/mol. The number of ether oxygens (including phenoxy) is 1. The molecule has 3 atom stereocenters. The number of benzene rings is 2. The van der Waals surface area contributed by atoms with Crippen molar-refractivity contribution in [3.63, 3.8) is 0 Å². The molecule has 1 aliphatic heterocycles. The minimum Gasteiger partial charge on any atom is -0.457 e. The Bertz CT molecular complexity index is 1870. The Labute approximate surface area is 242 Å². The number of pyridine rings is 1. The van der Waals surface area contributed by atoms with Crippen LogP contribution in [0.4, 0.5) is 15.9 Å². The lowest BCUT2D eigenvalue weighted by molar-refractivity contribution is -0.126. The summed E-state index contributed by atoms with van der Waals surface area (Å²) in [4.78, 5) is 32.4. The SMILES string of the molecule is C=CC(=O)N1C[C@@H]2C[C@H](c3ccc4ncnc(Nc5cc(C)c(Oc6ccc7c(c6)ncn7C)cc5F)c4n3)C[C@H]1C2. The molecule has 10 heteroatoms. The zero-order valence-electron chi connectivity index (χ0n) is 23.4. The van der Waals surface area contributed by atoms with Crippen LogP contribution in [-0.2, 0) is 11.8 Å². The maximum absolute atomic E-state index is 15.4. The van der Waals surface area contributed by atoms with E-state index in [-0.39, 0.29) is 23.6 Å². The van der Waals surface area contributed by atoms with Crippen molar-refractivity contribution in [2.24, 2.45) is 13.0 Å². The van der Waals surface area contributed by atoms with Crippen LogP contribution in [0.5, 0.6) is 11.5 Å². The van der Waals surface area contributed by atoms with Gasteiger partial charge in [-0.05, 0) is 74.1 Å². The maximum atomic E-state index is 15.4. The number of aryl methyl sites for hydroxylation is 2. The predicted octanol–water partition coefficient (Wildman–Crippen LogP) is 6.18. The summed E-state index contributed by atoms with van der Waals surface area (Å²) < 4.78 is 23.4. The predicted molar refractivity (Wildman–Crippen MR) is 158 cm³/mol. The molecule has 9 nitrogen and oxygen atoms in total. The van der Waals surface area contributed by atoms with Gasteiger partial charge in [0, 0.05) is 43.4 Å². The van der Waals surface area contributed by atoms with Crippen molar-refractivity contribution < 1.29 is 13.9 Å². The zero-order chi connectivity index (χ0) is 29.0. The normalized spacial score (nSPS) is 19.8. The summed E-state index contributed by atoms with van der Waals surface area (Å²) in [5.74, 6) is 1.61. The van der Waals surface area contributed by atoms with Crippen LogP contribution in [0, 0.1) is 18.7 Å². The van der Waals surface area contributed by atoms with E-state index in [4.69, 9.17) is 9.72 Å². The fraction of sp³-hybridized carbons (Fsp3) is 0.281. The van der Waals surface area contributed by atoms with Gasteiger partial charge in [0.05, 0.1) is 28.6 Å². The molecule has 0 unspecified atom stereocenters. The van der Waals surface area contributed by atoms with Crippen LogP contribution in [0.2, 0.25) is 0 Å². The second-order valence-electron chi connectivity index (χ2n) is 11.3. The summed E-state index contributed by atoms with van der Waals surface area (Å²) in [5, 5.41) is 3.14. The van der Waals surface area contributed by atoms with Gasteiger partial charge in [0.15, 0.2) is 5.82 Å². The molecular weight excluding hydrogens is 533 g/mol. The van der Waals surface area contributed by atoms with Crippen molar-refractivity contribution in [2.45, 2.75) is 38.1 Å². The number of hydrogen-bond acceptors (Lipinski definition) is 7. The Morgan fingerprint density at radius 2 is 1.98 bits per heavy atom. The van der Waals surface area contributed by atoms with E-state index in [0.717, 1.165) is 48.1 Å². The van der Waals surface area contributed by atoms with Gasteiger partial charge in [0.25, 0.3) is 0 Å². The first-order chi connectivity index (χ1) is 20.4. The first-order valence-electron chi connectivity index (χ1n) is 14.1. The number of likely N-dealkylation sites (tertiary alicyclic amines) is 1. The summed E-state index contributed by atoms with van der Waals surface area (Å²) in [6.07, 6.45) is 7.44. The number of nitrogens with one attached hydrogen (secondary N) is 1. The number of fused-ring (bicyclic) bond motifs is 4. The minimum absolute atomic E-state index is 0.00230.